The first-order valence-electron chi connectivity index (χ1n) is 7.14. The second-order valence-electron chi connectivity index (χ2n) is 5.19. The standard InChI is InChI=1S/C15H14F3N3O2/c16-15(17,18)23-12-6-2-1-5-10(12)20-14(22)11-9-21-8-4-3-7-13(21)19-11/h1-2,5-6,9H,3-4,7-8H2,(H,20,22). The summed E-state index contributed by atoms with van der Waals surface area (Å²) in [6.45, 7) is 0.795. The van der Waals surface area contributed by atoms with Crippen LogP contribution in [-0.2, 0) is 13.0 Å². The molecule has 0 unspecified atom stereocenters. The highest BCUT2D eigenvalue weighted by Gasteiger charge is 2.32. The molecule has 2 heterocycles. The molecule has 122 valence electrons. The zero-order valence-corrected chi connectivity index (χ0v) is 12.1. The molecule has 0 fully saturated rings. The molecule has 0 saturated carbocycles. The van der Waals surface area contributed by atoms with E-state index in [1.165, 1.54) is 18.2 Å². The summed E-state index contributed by atoms with van der Waals surface area (Å²) >= 11 is 0. The van der Waals surface area contributed by atoms with E-state index in [2.05, 4.69) is 15.0 Å². The van der Waals surface area contributed by atoms with Gasteiger partial charge in [0.2, 0.25) is 0 Å². The molecule has 0 saturated heterocycles. The van der Waals surface area contributed by atoms with Gasteiger partial charge in [0.1, 0.15) is 11.5 Å². The second kappa shape index (κ2) is 5.94. The van der Waals surface area contributed by atoms with Gasteiger partial charge >= 0.3 is 6.36 Å². The van der Waals surface area contributed by atoms with Crippen LogP contribution in [0.4, 0.5) is 18.9 Å². The first kappa shape index (κ1) is 15.4. The van der Waals surface area contributed by atoms with Gasteiger partial charge in [0.15, 0.2) is 5.75 Å². The Kier molecular flexibility index (Phi) is 3.97. The predicted octanol–water partition coefficient (Wildman–Crippen LogP) is 3.37. The number of amides is 1. The van der Waals surface area contributed by atoms with E-state index in [-0.39, 0.29) is 11.4 Å². The number of halogens is 3. The first-order valence-corrected chi connectivity index (χ1v) is 7.14. The van der Waals surface area contributed by atoms with Crippen LogP contribution in [0.2, 0.25) is 0 Å². The summed E-state index contributed by atoms with van der Waals surface area (Å²) in [5, 5.41) is 2.42. The number of rotatable bonds is 3. The number of aryl methyl sites for hydroxylation is 2. The van der Waals surface area contributed by atoms with Gasteiger partial charge in [-0.25, -0.2) is 4.98 Å². The smallest absolute Gasteiger partial charge is 0.404 e. The van der Waals surface area contributed by atoms with Crippen LogP contribution in [0.15, 0.2) is 30.5 Å². The molecule has 3 rings (SSSR count). The number of carbonyl (C=O) groups excluding carboxylic acids is 1. The Hall–Kier alpha value is -2.51. The number of carbonyl (C=O) groups is 1. The summed E-state index contributed by atoms with van der Waals surface area (Å²) in [6.07, 6.45) is -0.376. The number of fused-ring (bicyclic) bond motifs is 1. The highest BCUT2D eigenvalue weighted by Crippen LogP contribution is 2.30. The summed E-state index contributed by atoms with van der Waals surface area (Å²) in [5.41, 5.74) is 0.129. The van der Waals surface area contributed by atoms with Crippen LogP contribution in [0, 0.1) is 0 Å². The highest BCUT2D eigenvalue weighted by atomic mass is 19.4. The van der Waals surface area contributed by atoms with E-state index in [4.69, 9.17) is 0 Å². The van der Waals surface area contributed by atoms with E-state index in [0.717, 1.165) is 37.7 Å². The Morgan fingerprint density at radius 3 is 2.78 bits per heavy atom. The number of benzene rings is 1. The van der Waals surface area contributed by atoms with Crippen molar-refractivity contribution in [3.05, 3.63) is 42.0 Å². The zero-order chi connectivity index (χ0) is 16.4. The van der Waals surface area contributed by atoms with Crippen molar-refractivity contribution in [2.24, 2.45) is 0 Å². The topological polar surface area (TPSA) is 56.1 Å². The second-order valence-corrected chi connectivity index (χ2v) is 5.19. The lowest BCUT2D eigenvalue weighted by atomic mass is 10.2. The van der Waals surface area contributed by atoms with Crippen molar-refractivity contribution in [2.45, 2.75) is 32.2 Å². The maximum atomic E-state index is 12.4. The highest BCUT2D eigenvalue weighted by molar-refractivity contribution is 6.03. The van der Waals surface area contributed by atoms with E-state index in [9.17, 15) is 18.0 Å². The molecule has 1 aromatic carbocycles. The Morgan fingerprint density at radius 2 is 2.04 bits per heavy atom. The van der Waals surface area contributed by atoms with Crippen LogP contribution in [0.3, 0.4) is 0 Å². The predicted molar refractivity (Wildman–Crippen MR) is 76.2 cm³/mol. The summed E-state index contributed by atoms with van der Waals surface area (Å²) in [6, 6.07) is 5.39. The summed E-state index contributed by atoms with van der Waals surface area (Å²) in [7, 11) is 0. The van der Waals surface area contributed by atoms with Crippen LogP contribution < -0.4 is 10.1 Å². The number of hydrogen-bond acceptors (Lipinski definition) is 3. The van der Waals surface area contributed by atoms with Crippen molar-refractivity contribution in [1.82, 2.24) is 9.55 Å². The number of hydrogen-bond donors (Lipinski definition) is 1. The van der Waals surface area contributed by atoms with Gasteiger partial charge in [-0.3, -0.25) is 4.79 Å². The number of nitrogens with zero attached hydrogens (tertiary/aromatic N) is 2. The molecule has 1 N–H and O–H groups in total. The molecule has 0 atom stereocenters. The minimum absolute atomic E-state index is 0.0548. The quantitative estimate of drug-likeness (QED) is 0.941. The number of anilines is 1. The lowest BCUT2D eigenvalue weighted by molar-refractivity contribution is -0.274. The van der Waals surface area contributed by atoms with E-state index in [1.807, 2.05) is 4.57 Å². The Labute approximate surface area is 130 Å². The van der Waals surface area contributed by atoms with E-state index < -0.39 is 18.0 Å². The van der Waals surface area contributed by atoms with Crippen molar-refractivity contribution in [2.75, 3.05) is 5.32 Å². The fraction of sp³-hybridized carbons (Fsp3) is 0.333. The molecule has 1 amide bonds. The van der Waals surface area contributed by atoms with Gasteiger partial charge in [0.05, 0.1) is 5.69 Å². The molecule has 0 spiro atoms. The summed E-state index contributed by atoms with van der Waals surface area (Å²) in [5.74, 6) is -0.205. The van der Waals surface area contributed by atoms with Crippen molar-refractivity contribution >= 4 is 11.6 Å². The number of para-hydroxylation sites is 2. The summed E-state index contributed by atoms with van der Waals surface area (Å²) < 4.78 is 43.0. The van der Waals surface area contributed by atoms with Crippen molar-refractivity contribution < 1.29 is 22.7 Å². The molecule has 8 heteroatoms. The third-order valence-electron chi connectivity index (χ3n) is 3.50. The molecule has 1 aromatic heterocycles. The molecular formula is C15H14F3N3O2. The van der Waals surface area contributed by atoms with Crippen LogP contribution in [0.5, 0.6) is 5.75 Å². The molecule has 23 heavy (non-hydrogen) atoms. The van der Waals surface area contributed by atoms with E-state index in [1.54, 1.807) is 6.20 Å². The minimum atomic E-state index is -4.83. The van der Waals surface area contributed by atoms with Crippen LogP contribution in [-0.4, -0.2) is 21.8 Å². The maximum absolute atomic E-state index is 12.4. The van der Waals surface area contributed by atoms with Gasteiger partial charge in [-0.15, -0.1) is 13.2 Å². The molecular weight excluding hydrogens is 311 g/mol. The monoisotopic (exact) mass is 325 g/mol. The fourth-order valence-corrected chi connectivity index (χ4v) is 2.49. The number of ether oxygens (including phenoxy) is 1. The molecule has 1 aliphatic heterocycles. The Morgan fingerprint density at radius 1 is 1.26 bits per heavy atom. The number of alkyl halides is 3. The zero-order valence-electron chi connectivity index (χ0n) is 12.1. The van der Waals surface area contributed by atoms with Crippen LogP contribution in [0.1, 0.15) is 29.2 Å². The lowest BCUT2D eigenvalue weighted by Crippen LogP contribution is -2.19. The normalized spacial score (nSPS) is 14.2. The van der Waals surface area contributed by atoms with Gasteiger partial charge in [0, 0.05) is 19.2 Å². The van der Waals surface area contributed by atoms with Crippen LogP contribution in [0.25, 0.3) is 0 Å². The average molecular weight is 325 g/mol. The SMILES string of the molecule is O=C(Nc1ccccc1OC(F)(F)F)c1cn2c(n1)CCCC2. The summed E-state index contributed by atoms with van der Waals surface area (Å²) in [4.78, 5) is 16.5. The van der Waals surface area contributed by atoms with Crippen LogP contribution >= 0.6 is 0 Å². The fourth-order valence-electron chi connectivity index (χ4n) is 2.49. The van der Waals surface area contributed by atoms with Gasteiger partial charge < -0.3 is 14.6 Å². The third-order valence-corrected chi connectivity index (χ3v) is 3.50. The van der Waals surface area contributed by atoms with E-state index >= 15 is 0 Å². The van der Waals surface area contributed by atoms with Crippen molar-refractivity contribution in [3.63, 3.8) is 0 Å². The number of nitrogens with one attached hydrogen (secondary N) is 1. The molecule has 0 aliphatic carbocycles. The van der Waals surface area contributed by atoms with Crippen molar-refractivity contribution in [1.29, 1.82) is 0 Å². The minimum Gasteiger partial charge on any atom is -0.404 e. The Balaban J connectivity index is 1.79. The van der Waals surface area contributed by atoms with Gasteiger partial charge in [-0.05, 0) is 25.0 Å². The van der Waals surface area contributed by atoms with Gasteiger partial charge in [-0.1, -0.05) is 12.1 Å². The Bertz CT molecular complexity index is 701. The van der Waals surface area contributed by atoms with Gasteiger partial charge in [0.25, 0.3) is 5.91 Å². The molecule has 0 radical (unpaired) electrons. The maximum Gasteiger partial charge on any atom is 0.573 e. The average Bonchev–Trinajstić information content (AvgIpc) is 2.92. The number of aromatic nitrogens is 2. The molecule has 2 aromatic rings. The molecule has 0 bridgehead atoms. The first-order chi connectivity index (χ1) is 10.9. The largest absolute Gasteiger partial charge is 0.573 e. The number of imidazole rings is 1. The van der Waals surface area contributed by atoms with Gasteiger partial charge in [-0.2, -0.15) is 0 Å². The van der Waals surface area contributed by atoms with E-state index in [0.29, 0.717) is 0 Å². The molecule has 1 aliphatic rings. The third kappa shape index (κ3) is 3.64. The lowest BCUT2D eigenvalue weighted by Gasteiger charge is -2.13. The molecule has 5 nitrogen and oxygen atoms in total. The van der Waals surface area contributed by atoms with Crippen molar-refractivity contribution in [3.8, 4) is 5.75 Å².